The molecule has 2 unspecified atom stereocenters. The van der Waals surface area contributed by atoms with Gasteiger partial charge in [-0.1, -0.05) is 60.7 Å². The van der Waals surface area contributed by atoms with E-state index in [1.807, 2.05) is 60.7 Å². The Morgan fingerprint density at radius 2 is 1.31 bits per heavy atom. The molecular formula is C21H28O5. The third-order valence-electron chi connectivity index (χ3n) is 3.86. The van der Waals surface area contributed by atoms with Crippen LogP contribution in [-0.2, 0) is 27.4 Å². The van der Waals surface area contributed by atoms with Crippen LogP contribution >= 0.6 is 0 Å². The summed E-state index contributed by atoms with van der Waals surface area (Å²) in [5.41, 5.74) is 2.12. The first-order chi connectivity index (χ1) is 12.8. The quantitative estimate of drug-likeness (QED) is 0.537. The maximum Gasteiger partial charge on any atom is 0.109 e. The summed E-state index contributed by atoms with van der Waals surface area (Å²) in [5, 5.41) is 19.3. The van der Waals surface area contributed by atoms with Gasteiger partial charge in [0.1, 0.15) is 12.2 Å². The minimum absolute atomic E-state index is 0.0538. The standard InChI is InChI=1S/C21H28O5/c22-12-7-13-26-21(17-25-15-19-10-5-2-6-11-19)20(23)16-24-14-18-8-3-1-4-9-18/h1-6,8-11,20-23H,7,12-17H2. The van der Waals surface area contributed by atoms with Gasteiger partial charge in [0.15, 0.2) is 0 Å². The summed E-state index contributed by atoms with van der Waals surface area (Å²) in [4.78, 5) is 0. The second-order valence-corrected chi connectivity index (χ2v) is 6.06. The predicted molar refractivity (Wildman–Crippen MR) is 99.6 cm³/mol. The SMILES string of the molecule is OCCCOC(COCc1ccccc1)C(O)COCc1ccccc1. The van der Waals surface area contributed by atoms with E-state index in [9.17, 15) is 5.11 Å². The molecule has 5 heteroatoms. The van der Waals surface area contributed by atoms with Crippen LogP contribution in [0.3, 0.4) is 0 Å². The van der Waals surface area contributed by atoms with Crippen LogP contribution in [0.4, 0.5) is 0 Å². The number of rotatable bonds is 13. The molecule has 0 aromatic heterocycles. The molecule has 0 fully saturated rings. The van der Waals surface area contributed by atoms with Crippen molar-refractivity contribution in [2.75, 3.05) is 26.4 Å². The Labute approximate surface area is 155 Å². The second kappa shape index (κ2) is 12.6. The fraction of sp³-hybridized carbons (Fsp3) is 0.429. The molecule has 2 aromatic carbocycles. The Kier molecular flexibility index (Phi) is 9.94. The zero-order valence-corrected chi connectivity index (χ0v) is 15.0. The van der Waals surface area contributed by atoms with Gasteiger partial charge < -0.3 is 24.4 Å². The van der Waals surface area contributed by atoms with Crippen molar-refractivity contribution in [3.8, 4) is 0 Å². The number of ether oxygens (including phenoxy) is 3. The summed E-state index contributed by atoms with van der Waals surface area (Å²) < 4.78 is 17.0. The maximum atomic E-state index is 10.4. The van der Waals surface area contributed by atoms with E-state index in [0.717, 1.165) is 11.1 Å². The number of aliphatic hydroxyl groups is 2. The highest BCUT2D eigenvalue weighted by atomic mass is 16.5. The topological polar surface area (TPSA) is 68.2 Å². The van der Waals surface area contributed by atoms with Gasteiger partial charge in [0, 0.05) is 13.2 Å². The van der Waals surface area contributed by atoms with E-state index in [0.29, 0.717) is 26.2 Å². The minimum Gasteiger partial charge on any atom is -0.396 e. The van der Waals surface area contributed by atoms with Crippen molar-refractivity contribution < 1.29 is 24.4 Å². The number of hydrogen-bond acceptors (Lipinski definition) is 5. The number of benzene rings is 2. The molecule has 0 saturated heterocycles. The largest absolute Gasteiger partial charge is 0.396 e. The van der Waals surface area contributed by atoms with Crippen LogP contribution in [-0.4, -0.2) is 48.8 Å². The van der Waals surface area contributed by atoms with Gasteiger partial charge in [-0.05, 0) is 17.5 Å². The number of hydrogen-bond donors (Lipinski definition) is 2. The van der Waals surface area contributed by atoms with Crippen molar-refractivity contribution >= 4 is 0 Å². The van der Waals surface area contributed by atoms with Crippen LogP contribution in [0, 0.1) is 0 Å². The molecule has 0 heterocycles. The van der Waals surface area contributed by atoms with Gasteiger partial charge in [-0.25, -0.2) is 0 Å². The van der Waals surface area contributed by atoms with Crippen LogP contribution in [0.25, 0.3) is 0 Å². The van der Waals surface area contributed by atoms with E-state index in [1.165, 1.54) is 0 Å². The predicted octanol–water partition coefficient (Wildman–Crippen LogP) is 2.55. The molecule has 2 rings (SSSR count). The zero-order chi connectivity index (χ0) is 18.5. The van der Waals surface area contributed by atoms with Gasteiger partial charge in [-0.15, -0.1) is 0 Å². The molecule has 0 aliphatic carbocycles. The van der Waals surface area contributed by atoms with E-state index < -0.39 is 12.2 Å². The van der Waals surface area contributed by atoms with E-state index in [1.54, 1.807) is 0 Å². The highest BCUT2D eigenvalue weighted by Gasteiger charge is 2.20. The Bertz CT molecular complexity index is 575. The van der Waals surface area contributed by atoms with Gasteiger partial charge >= 0.3 is 0 Å². The average Bonchev–Trinajstić information content (AvgIpc) is 2.68. The summed E-state index contributed by atoms with van der Waals surface area (Å²) in [6.07, 6.45) is -0.776. The normalized spacial score (nSPS) is 13.5. The van der Waals surface area contributed by atoms with E-state index in [-0.39, 0.29) is 19.8 Å². The molecule has 0 bridgehead atoms. The molecule has 0 aliphatic rings. The Hall–Kier alpha value is -1.76. The lowest BCUT2D eigenvalue weighted by Crippen LogP contribution is -2.37. The van der Waals surface area contributed by atoms with E-state index in [2.05, 4.69) is 0 Å². The highest BCUT2D eigenvalue weighted by Crippen LogP contribution is 2.08. The van der Waals surface area contributed by atoms with E-state index >= 15 is 0 Å². The van der Waals surface area contributed by atoms with Gasteiger partial charge in [0.05, 0.1) is 26.4 Å². The van der Waals surface area contributed by atoms with Crippen molar-refractivity contribution in [3.63, 3.8) is 0 Å². The first-order valence-corrected chi connectivity index (χ1v) is 8.93. The molecule has 2 atom stereocenters. The second-order valence-electron chi connectivity index (χ2n) is 6.06. The Morgan fingerprint density at radius 1 is 0.769 bits per heavy atom. The molecule has 5 nitrogen and oxygen atoms in total. The fourth-order valence-corrected chi connectivity index (χ4v) is 2.42. The first-order valence-electron chi connectivity index (χ1n) is 8.93. The molecule has 0 amide bonds. The van der Waals surface area contributed by atoms with Crippen LogP contribution in [0.2, 0.25) is 0 Å². The van der Waals surface area contributed by atoms with Crippen molar-refractivity contribution in [2.24, 2.45) is 0 Å². The van der Waals surface area contributed by atoms with Gasteiger partial charge in [0.25, 0.3) is 0 Å². The maximum absolute atomic E-state index is 10.4. The van der Waals surface area contributed by atoms with E-state index in [4.69, 9.17) is 19.3 Å². The molecule has 2 N–H and O–H groups in total. The summed E-state index contributed by atoms with van der Waals surface area (Å²) in [5.74, 6) is 0. The van der Waals surface area contributed by atoms with Gasteiger partial charge in [-0.3, -0.25) is 0 Å². The van der Waals surface area contributed by atoms with Crippen LogP contribution in [0.1, 0.15) is 17.5 Å². The van der Waals surface area contributed by atoms with Crippen LogP contribution in [0.5, 0.6) is 0 Å². The first kappa shape index (κ1) is 20.6. The molecule has 142 valence electrons. The van der Waals surface area contributed by atoms with Crippen molar-refractivity contribution in [3.05, 3.63) is 71.8 Å². The number of aliphatic hydroxyl groups excluding tert-OH is 2. The molecule has 0 radical (unpaired) electrons. The van der Waals surface area contributed by atoms with Crippen molar-refractivity contribution in [1.29, 1.82) is 0 Å². The van der Waals surface area contributed by atoms with Gasteiger partial charge in [0.2, 0.25) is 0 Å². The zero-order valence-electron chi connectivity index (χ0n) is 15.0. The lowest BCUT2D eigenvalue weighted by molar-refractivity contribution is -0.108. The lowest BCUT2D eigenvalue weighted by Gasteiger charge is -2.23. The minimum atomic E-state index is -0.798. The van der Waals surface area contributed by atoms with Gasteiger partial charge in [-0.2, -0.15) is 0 Å². The Morgan fingerprint density at radius 3 is 1.85 bits per heavy atom. The van der Waals surface area contributed by atoms with Crippen LogP contribution in [0.15, 0.2) is 60.7 Å². The molecular weight excluding hydrogens is 332 g/mol. The molecule has 0 saturated carbocycles. The molecule has 2 aromatic rings. The summed E-state index contributed by atoms with van der Waals surface area (Å²) in [6, 6.07) is 19.7. The Balaban J connectivity index is 1.75. The monoisotopic (exact) mass is 360 g/mol. The lowest BCUT2D eigenvalue weighted by atomic mass is 10.2. The highest BCUT2D eigenvalue weighted by molar-refractivity contribution is 5.14. The van der Waals surface area contributed by atoms with Crippen LogP contribution < -0.4 is 0 Å². The third-order valence-corrected chi connectivity index (χ3v) is 3.86. The molecule has 0 spiro atoms. The fourth-order valence-electron chi connectivity index (χ4n) is 2.42. The van der Waals surface area contributed by atoms with Crippen molar-refractivity contribution in [2.45, 2.75) is 31.8 Å². The molecule has 26 heavy (non-hydrogen) atoms. The van der Waals surface area contributed by atoms with Crippen molar-refractivity contribution in [1.82, 2.24) is 0 Å². The molecule has 0 aliphatic heterocycles. The summed E-state index contributed by atoms with van der Waals surface area (Å²) >= 11 is 0. The average molecular weight is 360 g/mol. The smallest absolute Gasteiger partial charge is 0.109 e. The third kappa shape index (κ3) is 8.08. The summed E-state index contributed by atoms with van der Waals surface area (Å²) in [7, 11) is 0. The summed E-state index contributed by atoms with van der Waals surface area (Å²) in [6.45, 7) is 1.73.